The fraction of sp³-hybridized carbons (Fsp3) is 0.182. The van der Waals surface area contributed by atoms with Crippen molar-refractivity contribution in [1.82, 2.24) is 10.5 Å². The van der Waals surface area contributed by atoms with Crippen LogP contribution in [0.2, 0.25) is 0 Å². The van der Waals surface area contributed by atoms with E-state index in [9.17, 15) is 8.78 Å². The molecule has 3 nitrogen and oxygen atoms in total. The van der Waals surface area contributed by atoms with Gasteiger partial charge < -0.3 is 9.84 Å². The van der Waals surface area contributed by atoms with Gasteiger partial charge in [-0.05, 0) is 25.2 Å². The molecule has 0 radical (unpaired) electrons. The van der Waals surface area contributed by atoms with Crippen molar-refractivity contribution in [2.75, 3.05) is 7.05 Å². The summed E-state index contributed by atoms with van der Waals surface area (Å²) in [5.41, 5.74) is 0.773. The lowest BCUT2D eigenvalue weighted by atomic mass is 10.1. The minimum absolute atomic E-state index is 0.0859. The molecule has 0 aliphatic carbocycles. The van der Waals surface area contributed by atoms with Gasteiger partial charge in [0.15, 0.2) is 5.76 Å². The van der Waals surface area contributed by atoms with Crippen LogP contribution in [0.4, 0.5) is 8.78 Å². The van der Waals surface area contributed by atoms with Crippen LogP contribution < -0.4 is 5.32 Å². The summed E-state index contributed by atoms with van der Waals surface area (Å²) in [4.78, 5) is 0. The Kier molecular flexibility index (Phi) is 2.96. The number of hydrogen-bond donors (Lipinski definition) is 1. The summed E-state index contributed by atoms with van der Waals surface area (Å²) >= 11 is 0. The molecular formula is C11H10F2N2O. The highest BCUT2D eigenvalue weighted by Gasteiger charge is 2.15. The number of benzene rings is 1. The average Bonchev–Trinajstić information content (AvgIpc) is 2.70. The summed E-state index contributed by atoms with van der Waals surface area (Å²) in [6, 6.07) is 3.22. The van der Waals surface area contributed by atoms with Crippen LogP contribution in [0.1, 0.15) is 5.56 Å². The minimum Gasteiger partial charge on any atom is -0.356 e. The van der Waals surface area contributed by atoms with Crippen molar-refractivity contribution in [2.45, 2.75) is 6.54 Å². The summed E-state index contributed by atoms with van der Waals surface area (Å²) in [5, 5.41) is 6.48. The smallest absolute Gasteiger partial charge is 0.174 e. The van der Waals surface area contributed by atoms with Crippen LogP contribution in [0, 0.1) is 11.6 Å². The SMILES string of the molecule is CNCc1cnoc1-c1cc(F)ccc1F. The fourth-order valence-electron chi connectivity index (χ4n) is 1.47. The molecule has 5 heteroatoms. The first-order chi connectivity index (χ1) is 7.72. The Bertz CT molecular complexity index is 496. The Morgan fingerprint density at radius 3 is 2.94 bits per heavy atom. The van der Waals surface area contributed by atoms with E-state index in [0.717, 1.165) is 18.2 Å². The zero-order chi connectivity index (χ0) is 11.5. The van der Waals surface area contributed by atoms with E-state index in [1.54, 1.807) is 7.05 Å². The molecule has 1 aromatic heterocycles. The molecule has 0 aliphatic heterocycles. The summed E-state index contributed by atoms with van der Waals surface area (Å²) in [6.45, 7) is 0.481. The van der Waals surface area contributed by atoms with Crippen LogP contribution >= 0.6 is 0 Å². The van der Waals surface area contributed by atoms with Crippen molar-refractivity contribution in [2.24, 2.45) is 0 Å². The maximum atomic E-state index is 13.5. The lowest BCUT2D eigenvalue weighted by Crippen LogP contribution is -2.05. The van der Waals surface area contributed by atoms with Crippen LogP contribution in [-0.2, 0) is 6.54 Å². The van der Waals surface area contributed by atoms with Gasteiger partial charge in [-0.15, -0.1) is 0 Å². The van der Waals surface area contributed by atoms with Gasteiger partial charge in [-0.2, -0.15) is 0 Å². The van der Waals surface area contributed by atoms with Gasteiger partial charge in [0, 0.05) is 12.1 Å². The van der Waals surface area contributed by atoms with Crippen molar-refractivity contribution in [1.29, 1.82) is 0 Å². The Balaban J connectivity index is 2.49. The van der Waals surface area contributed by atoms with Crippen LogP contribution in [0.5, 0.6) is 0 Å². The topological polar surface area (TPSA) is 38.1 Å². The maximum absolute atomic E-state index is 13.5. The molecule has 0 saturated heterocycles. The Labute approximate surface area is 91.1 Å². The van der Waals surface area contributed by atoms with Gasteiger partial charge in [0.1, 0.15) is 11.6 Å². The average molecular weight is 224 g/mol. The highest BCUT2D eigenvalue weighted by atomic mass is 19.1. The van der Waals surface area contributed by atoms with Gasteiger partial charge in [0.05, 0.1) is 11.8 Å². The van der Waals surface area contributed by atoms with Crippen LogP contribution in [0.15, 0.2) is 28.9 Å². The molecule has 0 unspecified atom stereocenters. The number of halogens is 2. The Hall–Kier alpha value is -1.75. The van der Waals surface area contributed by atoms with Gasteiger partial charge in [0.25, 0.3) is 0 Å². The quantitative estimate of drug-likeness (QED) is 0.869. The van der Waals surface area contributed by atoms with Crippen LogP contribution in [0.3, 0.4) is 0 Å². The van der Waals surface area contributed by atoms with E-state index in [0.29, 0.717) is 12.1 Å². The lowest BCUT2D eigenvalue weighted by molar-refractivity contribution is 0.428. The largest absolute Gasteiger partial charge is 0.356 e. The second-order valence-electron chi connectivity index (χ2n) is 3.33. The lowest BCUT2D eigenvalue weighted by Gasteiger charge is -2.02. The van der Waals surface area contributed by atoms with E-state index in [1.165, 1.54) is 6.20 Å². The number of nitrogens with one attached hydrogen (secondary N) is 1. The van der Waals surface area contributed by atoms with Crippen molar-refractivity contribution in [3.63, 3.8) is 0 Å². The first-order valence-electron chi connectivity index (χ1n) is 4.76. The zero-order valence-electron chi connectivity index (χ0n) is 8.63. The van der Waals surface area contributed by atoms with Crippen molar-refractivity contribution in [3.05, 3.63) is 41.6 Å². The molecule has 0 amide bonds. The van der Waals surface area contributed by atoms with Gasteiger partial charge in [-0.3, -0.25) is 0 Å². The summed E-state index contributed by atoms with van der Waals surface area (Å²) in [5.74, 6) is -0.787. The van der Waals surface area contributed by atoms with E-state index >= 15 is 0 Å². The predicted octanol–water partition coefficient (Wildman–Crippen LogP) is 2.34. The molecule has 0 atom stereocenters. The molecule has 84 valence electrons. The van der Waals surface area contributed by atoms with E-state index < -0.39 is 11.6 Å². The van der Waals surface area contributed by atoms with E-state index in [4.69, 9.17) is 4.52 Å². The molecule has 1 heterocycles. The highest BCUT2D eigenvalue weighted by molar-refractivity contribution is 5.61. The standard InChI is InChI=1S/C11H10F2N2O/c1-14-5-7-6-15-16-11(7)9-4-8(12)2-3-10(9)13/h2-4,6,14H,5H2,1H3. The third-order valence-corrected chi connectivity index (χ3v) is 2.18. The molecule has 16 heavy (non-hydrogen) atoms. The molecule has 2 aromatic rings. The van der Waals surface area contributed by atoms with Crippen LogP contribution in [0.25, 0.3) is 11.3 Å². The number of hydrogen-bond acceptors (Lipinski definition) is 3. The van der Waals surface area contributed by atoms with Crippen molar-refractivity contribution in [3.8, 4) is 11.3 Å². The molecule has 2 rings (SSSR count). The summed E-state index contributed by atoms with van der Waals surface area (Å²) in [7, 11) is 1.75. The molecule has 0 aliphatic rings. The van der Waals surface area contributed by atoms with Crippen molar-refractivity contribution >= 4 is 0 Å². The van der Waals surface area contributed by atoms with E-state index in [1.807, 2.05) is 0 Å². The molecule has 0 saturated carbocycles. The molecule has 1 aromatic carbocycles. The fourth-order valence-corrected chi connectivity index (χ4v) is 1.47. The number of aromatic nitrogens is 1. The maximum Gasteiger partial charge on any atom is 0.174 e. The first kappa shape index (κ1) is 10.8. The molecule has 0 spiro atoms. The third-order valence-electron chi connectivity index (χ3n) is 2.18. The number of rotatable bonds is 3. The minimum atomic E-state index is -0.532. The van der Waals surface area contributed by atoms with Crippen molar-refractivity contribution < 1.29 is 13.3 Å². The Morgan fingerprint density at radius 2 is 2.19 bits per heavy atom. The normalized spacial score (nSPS) is 10.7. The highest BCUT2D eigenvalue weighted by Crippen LogP contribution is 2.26. The van der Waals surface area contributed by atoms with Gasteiger partial charge in [-0.25, -0.2) is 8.78 Å². The summed E-state index contributed by atoms with van der Waals surface area (Å²) < 4.78 is 31.4. The summed E-state index contributed by atoms with van der Waals surface area (Å²) in [6.07, 6.45) is 1.48. The van der Waals surface area contributed by atoms with Crippen LogP contribution in [-0.4, -0.2) is 12.2 Å². The number of nitrogens with zero attached hydrogens (tertiary/aromatic N) is 1. The predicted molar refractivity (Wildman–Crippen MR) is 54.6 cm³/mol. The Morgan fingerprint density at radius 1 is 1.38 bits per heavy atom. The molecule has 0 fully saturated rings. The molecule has 1 N–H and O–H groups in total. The van der Waals surface area contributed by atoms with Gasteiger partial charge in [0.2, 0.25) is 0 Å². The van der Waals surface area contributed by atoms with E-state index in [-0.39, 0.29) is 11.3 Å². The third kappa shape index (κ3) is 1.94. The zero-order valence-corrected chi connectivity index (χ0v) is 8.63. The monoisotopic (exact) mass is 224 g/mol. The molecular weight excluding hydrogens is 214 g/mol. The van der Waals surface area contributed by atoms with Gasteiger partial charge in [-0.1, -0.05) is 5.16 Å². The molecule has 0 bridgehead atoms. The van der Waals surface area contributed by atoms with Gasteiger partial charge >= 0.3 is 0 Å². The first-order valence-corrected chi connectivity index (χ1v) is 4.76. The second-order valence-corrected chi connectivity index (χ2v) is 3.33. The second kappa shape index (κ2) is 4.40. The van der Waals surface area contributed by atoms with E-state index in [2.05, 4.69) is 10.5 Å².